The van der Waals surface area contributed by atoms with Gasteiger partial charge in [0.2, 0.25) is 0 Å². The lowest BCUT2D eigenvalue weighted by Crippen LogP contribution is -2.00. The van der Waals surface area contributed by atoms with Crippen LogP contribution >= 0.6 is 0 Å². The van der Waals surface area contributed by atoms with Crippen LogP contribution in [0.2, 0.25) is 0 Å². The number of pyridine rings is 1. The summed E-state index contributed by atoms with van der Waals surface area (Å²) in [6.45, 7) is 0. The number of rotatable bonds is 0. The Bertz CT molecular complexity index is 839. The first-order valence-electron chi connectivity index (χ1n) is 5.79. The summed E-state index contributed by atoms with van der Waals surface area (Å²) >= 11 is 0. The Kier molecular flexibility index (Phi) is 2.83. The third kappa shape index (κ3) is 2.38. The molecule has 0 saturated heterocycles. The fourth-order valence-electron chi connectivity index (χ4n) is 1.76. The van der Waals surface area contributed by atoms with Crippen molar-refractivity contribution in [2.45, 2.75) is 0 Å². The first kappa shape index (κ1) is 11.2. The molecule has 0 atom stereocenters. The maximum atomic E-state index is 11.8. The first-order chi connectivity index (χ1) is 9.33. The van der Waals surface area contributed by atoms with Crippen molar-refractivity contribution in [3.05, 3.63) is 76.6 Å². The fourth-order valence-corrected chi connectivity index (χ4v) is 1.76. The third-order valence-electron chi connectivity index (χ3n) is 2.65. The first-order valence-corrected chi connectivity index (χ1v) is 5.79. The molecule has 0 spiro atoms. The predicted octanol–water partition coefficient (Wildman–Crippen LogP) is 2.59. The minimum absolute atomic E-state index is 0.342. The van der Waals surface area contributed by atoms with Crippen LogP contribution in [0.4, 0.5) is 0 Å². The number of hydrogen-bond donors (Lipinski definition) is 0. The highest BCUT2D eigenvalue weighted by Crippen LogP contribution is 2.10. The van der Waals surface area contributed by atoms with Gasteiger partial charge in [0.1, 0.15) is 5.69 Å². The molecule has 0 aliphatic carbocycles. The van der Waals surface area contributed by atoms with Crippen molar-refractivity contribution in [2.75, 3.05) is 0 Å². The zero-order chi connectivity index (χ0) is 13.1. The van der Waals surface area contributed by atoms with E-state index in [0.29, 0.717) is 16.8 Å². The third-order valence-corrected chi connectivity index (χ3v) is 2.65. The molecule has 19 heavy (non-hydrogen) atoms. The average molecular weight is 247 g/mol. The Labute approximate surface area is 109 Å². The molecule has 0 bridgehead atoms. The van der Waals surface area contributed by atoms with Gasteiger partial charge in [0.05, 0.1) is 5.39 Å². The molecule has 0 unspecified atom stereocenters. The van der Waals surface area contributed by atoms with Crippen molar-refractivity contribution in [2.24, 2.45) is 0 Å². The molecule has 0 amide bonds. The number of aromatic nitrogens is 1. The standard InChI is InChI=1S/C16H9NO2/c18-16-15-7-2-1-5-12(15)11-14(19-16)9-8-13-6-3-4-10-17-13/h1-7,10-11H. The van der Waals surface area contributed by atoms with Crippen LogP contribution < -0.4 is 5.63 Å². The van der Waals surface area contributed by atoms with Gasteiger partial charge in [0.25, 0.3) is 0 Å². The van der Waals surface area contributed by atoms with Crippen molar-refractivity contribution in [3.8, 4) is 11.8 Å². The minimum atomic E-state index is -0.372. The highest BCUT2D eigenvalue weighted by Gasteiger charge is 2.01. The number of nitrogens with zero attached hydrogens (tertiary/aromatic N) is 1. The molecule has 0 aliphatic heterocycles. The predicted molar refractivity (Wildman–Crippen MR) is 72.7 cm³/mol. The van der Waals surface area contributed by atoms with Crippen LogP contribution in [-0.4, -0.2) is 4.98 Å². The molecule has 0 aliphatic rings. The number of benzene rings is 1. The summed E-state index contributed by atoms with van der Waals surface area (Å²) in [5.74, 6) is 6.02. The summed E-state index contributed by atoms with van der Waals surface area (Å²) < 4.78 is 5.16. The number of fused-ring (bicyclic) bond motifs is 1. The lowest BCUT2D eigenvalue weighted by atomic mass is 10.2. The van der Waals surface area contributed by atoms with Crippen LogP contribution in [0, 0.1) is 11.8 Å². The summed E-state index contributed by atoms with van der Waals surface area (Å²) in [5, 5.41) is 1.38. The Morgan fingerprint density at radius 2 is 1.84 bits per heavy atom. The van der Waals surface area contributed by atoms with Gasteiger partial charge in [0.15, 0.2) is 5.76 Å². The minimum Gasteiger partial charge on any atom is -0.414 e. The highest BCUT2D eigenvalue weighted by atomic mass is 16.4. The van der Waals surface area contributed by atoms with E-state index in [1.54, 1.807) is 30.5 Å². The van der Waals surface area contributed by atoms with Crippen molar-refractivity contribution < 1.29 is 4.42 Å². The maximum absolute atomic E-state index is 11.8. The van der Waals surface area contributed by atoms with E-state index in [1.807, 2.05) is 24.3 Å². The van der Waals surface area contributed by atoms with Crippen molar-refractivity contribution >= 4 is 10.8 Å². The largest absolute Gasteiger partial charge is 0.414 e. The van der Waals surface area contributed by atoms with Crippen LogP contribution in [-0.2, 0) is 0 Å². The second-order valence-electron chi connectivity index (χ2n) is 3.95. The van der Waals surface area contributed by atoms with Gasteiger partial charge in [-0.3, -0.25) is 0 Å². The van der Waals surface area contributed by atoms with Crippen molar-refractivity contribution in [3.63, 3.8) is 0 Å². The summed E-state index contributed by atoms with van der Waals surface area (Å²) in [7, 11) is 0. The van der Waals surface area contributed by atoms with E-state index in [4.69, 9.17) is 4.42 Å². The summed E-state index contributed by atoms with van der Waals surface area (Å²) in [4.78, 5) is 15.8. The Morgan fingerprint density at radius 1 is 1.00 bits per heavy atom. The molecule has 1 aromatic carbocycles. The summed E-state index contributed by atoms with van der Waals surface area (Å²) in [5.41, 5.74) is 0.265. The lowest BCUT2D eigenvalue weighted by molar-refractivity contribution is 0.507. The second kappa shape index (κ2) is 4.79. The van der Waals surface area contributed by atoms with Gasteiger partial charge in [-0.1, -0.05) is 24.3 Å². The Morgan fingerprint density at radius 3 is 2.68 bits per heavy atom. The SMILES string of the molecule is O=c1oc(C#Cc2ccccn2)cc2ccccc12. The maximum Gasteiger partial charge on any atom is 0.344 e. The molecular weight excluding hydrogens is 238 g/mol. The van der Waals surface area contributed by atoms with E-state index in [2.05, 4.69) is 16.8 Å². The average Bonchev–Trinajstić information content (AvgIpc) is 2.46. The van der Waals surface area contributed by atoms with Crippen LogP contribution in [0.1, 0.15) is 11.5 Å². The van der Waals surface area contributed by atoms with Crippen LogP contribution in [0.15, 0.2) is 63.9 Å². The highest BCUT2D eigenvalue weighted by molar-refractivity contribution is 5.81. The zero-order valence-electron chi connectivity index (χ0n) is 9.96. The summed E-state index contributed by atoms with van der Waals surface area (Å²) in [6.07, 6.45) is 1.67. The van der Waals surface area contributed by atoms with Gasteiger partial charge in [0, 0.05) is 6.20 Å². The molecule has 0 radical (unpaired) electrons. The Balaban J connectivity index is 2.08. The molecule has 90 valence electrons. The van der Waals surface area contributed by atoms with E-state index in [-0.39, 0.29) is 5.63 Å². The molecule has 3 aromatic rings. The second-order valence-corrected chi connectivity index (χ2v) is 3.95. The van der Waals surface area contributed by atoms with E-state index < -0.39 is 0 Å². The van der Waals surface area contributed by atoms with Gasteiger partial charge in [-0.25, -0.2) is 9.78 Å². The van der Waals surface area contributed by atoms with Crippen LogP contribution in [0.5, 0.6) is 0 Å². The van der Waals surface area contributed by atoms with Gasteiger partial charge in [-0.05, 0) is 41.5 Å². The molecule has 2 aromatic heterocycles. The molecule has 3 rings (SSSR count). The van der Waals surface area contributed by atoms with E-state index >= 15 is 0 Å². The van der Waals surface area contributed by atoms with E-state index in [0.717, 1.165) is 5.39 Å². The normalized spacial score (nSPS) is 9.89. The molecule has 0 fully saturated rings. The van der Waals surface area contributed by atoms with Gasteiger partial charge >= 0.3 is 5.63 Å². The van der Waals surface area contributed by atoms with Crippen LogP contribution in [0.3, 0.4) is 0 Å². The van der Waals surface area contributed by atoms with Gasteiger partial charge in [-0.15, -0.1) is 0 Å². The Hall–Kier alpha value is -2.86. The number of hydrogen-bond acceptors (Lipinski definition) is 3. The fraction of sp³-hybridized carbons (Fsp3) is 0. The molecular formula is C16H9NO2. The zero-order valence-corrected chi connectivity index (χ0v) is 9.96. The molecule has 2 heterocycles. The smallest absolute Gasteiger partial charge is 0.344 e. The lowest BCUT2D eigenvalue weighted by Gasteiger charge is -1.95. The van der Waals surface area contributed by atoms with Gasteiger partial charge < -0.3 is 4.42 Å². The van der Waals surface area contributed by atoms with E-state index in [9.17, 15) is 4.79 Å². The molecule has 0 saturated carbocycles. The van der Waals surface area contributed by atoms with Gasteiger partial charge in [-0.2, -0.15) is 0 Å². The molecule has 3 nitrogen and oxygen atoms in total. The van der Waals surface area contributed by atoms with Crippen LogP contribution in [0.25, 0.3) is 10.8 Å². The molecule has 0 N–H and O–H groups in total. The summed E-state index contributed by atoms with van der Waals surface area (Å²) in [6, 6.07) is 14.5. The van der Waals surface area contributed by atoms with E-state index in [1.165, 1.54) is 0 Å². The molecule has 3 heteroatoms. The monoisotopic (exact) mass is 247 g/mol. The topological polar surface area (TPSA) is 43.1 Å². The quantitative estimate of drug-likeness (QED) is 0.573. The van der Waals surface area contributed by atoms with Crippen molar-refractivity contribution in [1.29, 1.82) is 0 Å². The van der Waals surface area contributed by atoms with Crippen molar-refractivity contribution in [1.82, 2.24) is 4.98 Å².